The van der Waals surface area contributed by atoms with Gasteiger partial charge in [-0.25, -0.2) is 9.87 Å². The summed E-state index contributed by atoms with van der Waals surface area (Å²) < 4.78 is 93.4. The molecule has 0 spiro atoms. The maximum absolute atomic E-state index is 12.6. The van der Waals surface area contributed by atoms with E-state index in [9.17, 15) is 40.6 Å². The summed E-state index contributed by atoms with van der Waals surface area (Å²) in [6, 6.07) is 0. The largest absolute Gasteiger partial charge is 0.390 e. The molecular weight excluding hydrogens is 463 g/mol. The van der Waals surface area contributed by atoms with Gasteiger partial charge in [-0.05, 0) is 12.8 Å². The number of nitrogens with zero attached hydrogens (tertiary/aromatic N) is 3. The number of H-pyrrole nitrogens is 1. The molecule has 17 heteroatoms. The summed E-state index contributed by atoms with van der Waals surface area (Å²) in [5.74, 6) is -0.219. The van der Waals surface area contributed by atoms with Crippen LogP contribution in [0.3, 0.4) is 0 Å². The predicted molar refractivity (Wildman–Crippen MR) is 91.7 cm³/mol. The maximum atomic E-state index is 12.6. The average Bonchev–Trinajstić information content (AvgIpc) is 3.24. The lowest BCUT2D eigenvalue weighted by molar-refractivity contribution is -0.268. The molecule has 10 nitrogen and oxygen atoms in total. The monoisotopic (exact) mass is 479 g/mol. The quantitative estimate of drug-likeness (QED) is 0.227. The van der Waals surface area contributed by atoms with Gasteiger partial charge in [0.25, 0.3) is 5.56 Å². The smallest absolute Gasteiger partial charge is 0.369 e. The number of imidazole rings is 1. The Morgan fingerprint density at radius 2 is 1.84 bits per heavy atom. The first-order valence-corrected chi connectivity index (χ1v) is 10.3. The van der Waals surface area contributed by atoms with Gasteiger partial charge in [-0.2, -0.15) is 31.3 Å². The molecule has 1 fully saturated rings. The van der Waals surface area contributed by atoms with Crippen molar-refractivity contribution in [2.24, 2.45) is 0 Å². The molecule has 2 aromatic rings. The zero-order valence-corrected chi connectivity index (χ0v) is 16.3. The number of nitrogen functional groups attached to an aromatic ring is 1. The fourth-order valence-corrected chi connectivity index (χ4v) is 4.10. The van der Waals surface area contributed by atoms with Crippen LogP contribution in [0.15, 0.2) is 11.1 Å². The minimum Gasteiger partial charge on any atom is -0.369 e. The number of anilines is 1. The van der Waals surface area contributed by atoms with Crippen molar-refractivity contribution in [3.05, 3.63) is 16.7 Å². The van der Waals surface area contributed by atoms with Crippen molar-refractivity contribution in [2.75, 3.05) is 5.73 Å². The van der Waals surface area contributed by atoms with E-state index in [4.69, 9.17) is 10.6 Å². The van der Waals surface area contributed by atoms with Crippen LogP contribution in [0.5, 0.6) is 0 Å². The fourth-order valence-electron chi connectivity index (χ4n) is 2.83. The summed E-state index contributed by atoms with van der Waals surface area (Å²) in [5.41, 5.74) is 0.672. The molecule has 0 saturated heterocycles. The number of nitrogens with two attached hydrogens (primary N) is 1. The van der Waals surface area contributed by atoms with E-state index in [1.807, 2.05) is 0 Å². The van der Waals surface area contributed by atoms with Gasteiger partial charge >= 0.3 is 19.9 Å². The van der Waals surface area contributed by atoms with Gasteiger partial charge in [0.2, 0.25) is 5.95 Å². The second-order valence-electron chi connectivity index (χ2n) is 7.19. The van der Waals surface area contributed by atoms with Crippen LogP contribution in [0.1, 0.15) is 25.7 Å². The van der Waals surface area contributed by atoms with Gasteiger partial charge in [0.05, 0.1) is 31.4 Å². The number of rotatable bonds is 8. The third-order valence-corrected chi connectivity index (χ3v) is 6.05. The van der Waals surface area contributed by atoms with Crippen LogP contribution >= 0.6 is 7.60 Å². The van der Waals surface area contributed by atoms with Gasteiger partial charge in [-0.1, -0.05) is 0 Å². The summed E-state index contributed by atoms with van der Waals surface area (Å²) >= 11 is 0. The highest BCUT2D eigenvalue weighted by atomic mass is 31.2. The number of halogens is 6. The molecule has 1 aliphatic rings. The molecule has 1 atom stereocenters. The van der Waals surface area contributed by atoms with Crippen LogP contribution < -0.4 is 11.3 Å². The SMILES string of the molecule is Nc1nc2c(ncn2CC2(OOP(=O)(O)C(CC(F)(F)F)CC(F)(F)F)CC2)c(=O)[nH]1. The van der Waals surface area contributed by atoms with Gasteiger partial charge in [-0.15, -0.1) is 4.67 Å². The van der Waals surface area contributed by atoms with E-state index in [1.54, 1.807) is 0 Å². The molecule has 1 aliphatic carbocycles. The molecule has 0 bridgehead atoms. The summed E-state index contributed by atoms with van der Waals surface area (Å²) in [4.78, 5) is 36.4. The number of fused-ring (bicyclic) bond motifs is 1. The highest BCUT2D eigenvalue weighted by molar-refractivity contribution is 7.53. The lowest BCUT2D eigenvalue weighted by atomic mass is 10.2. The Kier molecular flexibility index (Phi) is 5.88. The number of hydrogen-bond donors (Lipinski definition) is 3. The Labute approximate surface area is 168 Å². The van der Waals surface area contributed by atoms with Crippen molar-refractivity contribution >= 4 is 24.7 Å². The zero-order valence-electron chi connectivity index (χ0n) is 15.4. The molecular formula is C14H16F6N5O5P. The highest BCUT2D eigenvalue weighted by Gasteiger charge is 2.52. The highest BCUT2D eigenvalue weighted by Crippen LogP contribution is 2.57. The minimum atomic E-state index is -5.48. The molecule has 3 rings (SSSR count). The molecule has 0 amide bonds. The third-order valence-electron chi connectivity index (χ3n) is 4.48. The van der Waals surface area contributed by atoms with E-state index >= 15 is 0 Å². The Morgan fingerprint density at radius 1 is 1.26 bits per heavy atom. The summed E-state index contributed by atoms with van der Waals surface area (Å²) in [7, 11) is -5.48. The van der Waals surface area contributed by atoms with Gasteiger partial charge in [-0.3, -0.25) is 14.3 Å². The maximum Gasteiger partial charge on any atom is 0.390 e. The second kappa shape index (κ2) is 7.76. The lowest BCUT2D eigenvalue weighted by Crippen LogP contribution is -2.28. The molecule has 4 N–H and O–H groups in total. The molecule has 31 heavy (non-hydrogen) atoms. The normalized spacial score (nSPS) is 18.5. The van der Waals surface area contributed by atoms with Crippen LogP contribution in [0, 0.1) is 0 Å². The molecule has 0 aromatic carbocycles. The molecule has 2 heterocycles. The van der Waals surface area contributed by atoms with Gasteiger partial charge < -0.3 is 15.2 Å². The molecule has 1 saturated carbocycles. The number of aromatic nitrogens is 4. The number of alkyl halides is 6. The molecule has 0 radical (unpaired) electrons. The Morgan fingerprint density at radius 3 is 2.35 bits per heavy atom. The number of nitrogens with one attached hydrogen (secondary N) is 1. The third kappa shape index (κ3) is 5.96. The fraction of sp³-hybridized carbons (Fsp3) is 0.643. The van der Waals surface area contributed by atoms with Crippen LogP contribution in [0.4, 0.5) is 32.3 Å². The van der Waals surface area contributed by atoms with E-state index in [1.165, 1.54) is 10.9 Å². The van der Waals surface area contributed by atoms with E-state index in [0.29, 0.717) is 0 Å². The van der Waals surface area contributed by atoms with Gasteiger partial charge in [0, 0.05) is 0 Å². The first kappa shape index (κ1) is 23.5. The molecule has 174 valence electrons. The van der Waals surface area contributed by atoms with Crippen LogP contribution in [-0.4, -0.2) is 48.0 Å². The van der Waals surface area contributed by atoms with Crippen molar-refractivity contribution in [2.45, 2.75) is 55.8 Å². The predicted octanol–water partition coefficient (Wildman–Crippen LogP) is 2.64. The van der Waals surface area contributed by atoms with E-state index < -0.39 is 49.6 Å². The van der Waals surface area contributed by atoms with Crippen molar-refractivity contribution in [1.82, 2.24) is 19.5 Å². The summed E-state index contributed by atoms with van der Waals surface area (Å²) in [6.45, 7) is -0.164. The van der Waals surface area contributed by atoms with Crippen LogP contribution in [0.2, 0.25) is 0 Å². The van der Waals surface area contributed by atoms with E-state index in [2.05, 4.69) is 19.6 Å². The minimum absolute atomic E-state index is 0.0373. The summed E-state index contributed by atoms with van der Waals surface area (Å²) in [5, 5.41) is 0. The second-order valence-corrected chi connectivity index (χ2v) is 9.20. The number of hydrogen-bond acceptors (Lipinski definition) is 7. The van der Waals surface area contributed by atoms with E-state index in [-0.39, 0.29) is 36.5 Å². The van der Waals surface area contributed by atoms with Gasteiger partial charge in [0.1, 0.15) is 5.60 Å². The topological polar surface area (TPSA) is 145 Å². The Hall–Kier alpha value is -2.16. The molecule has 0 aliphatic heterocycles. The zero-order chi connectivity index (χ0) is 23.2. The Bertz CT molecular complexity index is 1050. The molecule has 1 unspecified atom stereocenters. The first-order chi connectivity index (χ1) is 14.1. The number of aromatic amines is 1. The van der Waals surface area contributed by atoms with Crippen molar-refractivity contribution in [3.8, 4) is 0 Å². The Balaban J connectivity index is 1.74. The summed E-state index contributed by atoms with van der Waals surface area (Å²) in [6.07, 6.45) is -13.1. The van der Waals surface area contributed by atoms with Crippen molar-refractivity contribution in [1.29, 1.82) is 0 Å². The van der Waals surface area contributed by atoms with Crippen molar-refractivity contribution in [3.63, 3.8) is 0 Å². The van der Waals surface area contributed by atoms with Crippen LogP contribution in [0.25, 0.3) is 11.2 Å². The van der Waals surface area contributed by atoms with Crippen molar-refractivity contribution < 1.29 is 45.4 Å². The molecule has 2 aromatic heterocycles. The standard InChI is InChI=1S/C14H16F6N5O5P/c15-13(16,17)3-7(4-14(18,19)20)31(27,28)30-29-12(1-2-12)5-25-6-22-8-9(25)23-11(21)24-10(8)26/h6-7H,1-5H2,(H,27,28)(H3,21,23,24,26). The van der Waals surface area contributed by atoms with Crippen LogP contribution in [-0.2, 0) is 20.7 Å². The first-order valence-electron chi connectivity index (χ1n) is 8.63. The van der Waals surface area contributed by atoms with Gasteiger partial charge in [0.15, 0.2) is 11.2 Å². The lowest BCUT2D eigenvalue weighted by Gasteiger charge is -2.25. The van der Waals surface area contributed by atoms with E-state index in [0.717, 1.165) is 0 Å². The average molecular weight is 479 g/mol.